The molecule has 0 aliphatic carbocycles. The molecule has 5 heteroatoms. The first-order valence-corrected chi connectivity index (χ1v) is 6.53. The van der Waals surface area contributed by atoms with Crippen LogP contribution in [0.1, 0.15) is 15.9 Å². The van der Waals surface area contributed by atoms with Gasteiger partial charge in [0.15, 0.2) is 5.78 Å². The molecule has 2 aromatic rings. The first-order valence-electron chi connectivity index (χ1n) is 5.36. The third-order valence-electron chi connectivity index (χ3n) is 2.61. The Labute approximate surface area is 123 Å². The van der Waals surface area contributed by atoms with Crippen LogP contribution in [0.25, 0.3) is 0 Å². The molecule has 98 valence electrons. The molecule has 2 aromatic carbocycles. The van der Waals surface area contributed by atoms with Crippen LogP contribution in [0.15, 0.2) is 40.9 Å². The largest absolute Gasteiger partial charge is 0.497 e. The van der Waals surface area contributed by atoms with Gasteiger partial charge in [-0.05, 0) is 52.3 Å². The SMILES string of the molecule is COc1ccc(C(=O)c2cc(Cl)c(Br)cc2F)cc1. The van der Waals surface area contributed by atoms with Crippen molar-refractivity contribution in [1.82, 2.24) is 0 Å². The highest BCUT2D eigenvalue weighted by molar-refractivity contribution is 9.10. The lowest BCUT2D eigenvalue weighted by molar-refractivity contribution is 0.103. The molecule has 0 bridgehead atoms. The minimum absolute atomic E-state index is 0.0571. The second-order valence-corrected chi connectivity index (χ2v) is 5.07. The molecule has 0 N–H and O–H groups in total. The summed E-state index contributed by atoms with van der Waals surface area (Å²) >= 11 is 8.98. The second-order valence-electron chi connectivity index (χ2n) is 3.80. The zero-order valence-corrected chi connectivity index (χ0v) is 12.3. The fourth-order valence-corrected chi connectivity index (χ4v) is 2.07. The van der Waals surface area contributed by atoms with E-state index in [1.807, 2.05) is 0 Å². The predicted octanol–water partition coefficient (Wildman–Crippen LogP) is 4.48. The van der Waals surface area contributed by atoms with E-state index in [1.54, 1.807) is 24.3 Å². The Hall–Kier alpha value is -1.39. The average Bonchev–Trinajstić information content (AvgIpc) is 2.42. The van der Waals surface area contributed by atoms with Gasteiger partial charge in [0.1, 0.15) is 11.6 Å². The highest BCUT2D eigenvalue weighted by Gasteiger charge is 2.16. The number of benzene rings is 2. The van der Waals surface area contributed by atoms with Crippen molar-refractivity contribution in [2.75, 3.05) is 7.11 Å². The third kappa shape index (κ3) is 2.96. The topological polar surface area (TPSA) is 26.3 Å². The number of carbonyl (C=O) groups is 1. The lowest BCUT2D eigenvalue weighted by atomic mass is 10.0. The van der Waals surface area contributed by atoms with Gasteiger partial charge in [-0.15, -0.1) is 0 Å². The number of hydrogen-bond acceptors (Lipinski definition) is 2. The zero-order valence-electron chi connectivity index (χ0n) is 9.91. The van der Waals surface area contributed by atoms with Crippen molar-refractivity contribution in [3.8, 4) is 5.75 Å². The molecule has 0 aliphatic rings. The molecule has 0 atom stereocenters. The summed E-state index contributed by atoms with van der Waals surface area (Å²) in [4.78, 5) is 12.2. The maximum absolute atomic E-state index is 13.8. The van der Waals surface area contributed by atoms with E-state index in [9.17, 15) is 9.18 Å². The predicted molar refractivity (Wildman–Crippen MR) is 75.5 cm³/mol. The summed E-state index contributed by atoms with van der Waals surface area (Å²) in [5.41, 5.74) is 0.316. The smallest absolute Gasteiger partial charge is 0.196 e. The Bertz CT molecular complexity index is 626. The van der Waals surface area contributed by atoms with Crippen LogP contribution in [-0.2, 0) is 0 Å². The minimum Gasteiger partial charge on any atom is -0.497 e. The molecule has 0 saturated carbocycles. The van der Waals surface area contributed by atoms with Crippen LogP contribution in [0.4, 0.5) is 4.39 Å². The van der Waals surface area contributed by atoms with E-state index in [0.717, 1.165) is 0 Å². The van der Waals surface area contributed by atoms with Crippen LogP contribution in [0.3, 0.4) is 0 Å². The quantitative estimate of drug-likeness (QED) is 0.606. The van der Waals surface area contributed by atoms with E-state index in [1.165, 1.54) is 19.2 Å². The number of carbonyl (C=O) groups excluding carboxylic acids is 1. The Morgan fingerprint density at radius 3 is 2.47 bits per heavy atom. The normalized spacial score (nSPS) is 10.3. The molecule has 0 spiro atoms. The third-order valence-corrected chi connectivity index (χ3v) is 3.80. The first kappa shape index (κ1) is 14.0. The van der Waals surface area contributed by atoms with Crippen molar-refractivity contribution in [2.24, 2.45) is 0 Å². The number of ether oxygens (including phenoxy) is 1. The van der Waals surface area contributed by atoms with Crippen molar-refractivity contribution < 1.29 is 13.9 Å². The summed E-state index contributed by atoms with van der Waals surface area (Å²) in [5.74, 6) is -0.405. The van der Waals surface area contributed by atoms with E-state index in [2.05, 4.69) is 15.9 Å². The highest BCUT2D eigenvalue weighted by Crippen LogP contribution is 2.27. The van der Waals surface area contributed by atoms with Gasteiger partial charge in [-0.25, -0.2) is 4.39 Å². The highest BCUT2D eigenvalue weighted by atomic mass is 79.9. The van der Waals surface area contributed by atoms with Crippen LogP contribution in [0.5, 0.6) is 5.75 Å². The van der Waals surface area contributed by atoms with Gasteiger partial charge < -0.3 is 4.74 Å². The summed E-state index contributed by atoms with van der Waals surface area (Å²) in [7, 11) is 1.53. The Morgan fingerprint density at radius 1 is 1.26 bits per heavy atom. The van der Waals surface area contributed by atoms with Gasteiger partial charge >= 0.3 is 0 Å². The molecular formula is C14H9BrClFO2. The maximum Gasteiger partial charge on any atom is 0.196 e. The van der Waals surface area contributed by atoms with Crippen LogP contribution < -0.4 is 4.74 Å². The Kier molecular flexibility index (Phi) is 4.22. The molecule has 2 rings (SSSR count). The van der Waals surface area contributed by atoms with Gasteiger partial charge in [0.2, 0.25) is 0 Å². The first-order chi connectivity index (χ1) is 9.02. The summed E-state index contributed by atoms with van der Waals surface area (Å²) in [6.07, 6.45) is 0. The van der Waals surface area contributed by atoms with Crippen LogP contribution in [0, 0.1) is 5.82 Å². The minimum atomic E-state index is -0.614. The number of ketones is 1. The molecule has 0 unspecified atom stereocenters. The van der Waals surface area contributed by atoms with Gasteiger partial charge in [0.05, 0.1) is 17.7 Å². The van der Waals surface area contributed by atoms with Gasteiger partial charge in [0.25, 0.3) is 0 Å². The lowest BCUT2D eigenvalue weighted by Gasteiger charge is -2.06. The van der Waals surface area contributed by atoms with E-state index in [-0.39, 0.29) is 5.56 Å². The van der Waals surface area contributed by atoms with Crippen molar-refractivity contribution in [2.45, 2.75) is 0 Å². The molecule has 0 aliphatic heterocycles. The second kappa shape index (κ2) is 5.72. The van der Waals surface area contributed by atoms with Crippen LogP contribution >= 0.6 is 27.5 Å². The Morgan fingerprint density at radius 2 is 1.89 bits per heavy atom. The molecule has 0 amide bonds. The number of halogens is 3. The summed E-state index contributed by atoms with van der Waals surface area (Å²) in [5, 5.41) is 0.290. The van der Waals surface area contributed by atoms with Crippen molar-refractivity contribution >= 4 is 33.3 Å². The number of methoxy groups -OCH3 is 1. The standard InChI is InChI=1S/C14H9BrClFO2/c1-19-9-4-2-8(3-5-9)14(18)10-6-12(16)11(15)7-13(10)17/h2-7H,1H3. The molecule has 2 nitrogen and oxygen atoms in total. The van der Waals surface area contributed by atoms with Crippen LogP contribution in [0.2, 0.25) is 5.02 Å². The molecule has 0 radical (unpaired) electrons. The van der Waals surface area contributed by atoms with E-state index >= 15 is 0 Å². The van der Waals surface area contributed by atoms with E-state index in [4.69, 9.17) is 16.3 Å². The summed E-state index contributed by atoms with van der Waals surface area (Å²) in [6.45, 7) is 0. The van der Waals surface area contributed by atoms with Crippen LogP contribution in [-0.4, -0.2) is 12.9 Å². The molecule has 19 heavy (non-hydrogen) atoms. The molecule has 0 aromatic heterocycles. The number of rotatable bonds is 3. The van der Waals surface area contributed by atoms with E-state index in [0.29, 0.717) is 20.8 Å². The van der Waals surface area contributed by atoms with Gasteiger partial charge in [-0.3, -0.25) is 4.79 Å². The van der Waals surface area contributed by atoms with Crippen molar-refractivity contribution in [3.63, 3.8) is 0 Å². The maximum atomic E-state index is 13.8. The van der Waals surface area contributed by atoms with Gasteiger partial charge in [-0.1, -0.05) is 11.6 Å². The van der Waals surface area contributed by atoms with Crippen molar-refractivity contribution in [3.05, 3.63) is 62.8 Å². The number of hydrogen-bond donors (Lipinski definition) is 0. The molecule has 0 heterocycles. The Balaban J connectivity index is 2.40. The summed E-state index contributed by atoms with van der Waals surface area (Å²) in [6, 6.07) is 8.94. The molecular weight excluding hydrogens is 335 g/mol. The fraction of sp³-hybridized carbons (Fsp3) is 0.0714. The molecule has 0 fully saturated rings. The van der Waals surface area contributed by atoms with Crippen molar-refractivity contribution in [1.29, 1.82) is 0 Å². The average molecular weight is 344 g/mol. The monoisotopic (exact) mass is 342 g/mol. The van der Waals surface area contributed by atoms with Gasteiger partial charge in [-0.2, -0.15) is 0 Å². The van der Waals surface area contributed by atoms with Gasteiger partial charge in [0, 0.05) is 10.0 Å². The zero-order chi connectivity index (χ0) is 14.0. The molecule has 0 saturated heterocycles. The fourth-order valence-electron chi connectivity index (χ4n) is 1.59. The summed E-state index contributed by atoms with van der Waals surface area (Å²) < 4.78 is 19.2. The lowest BCUT2D eigenvalue weighted by Crippen LogP contribution is -2.04. The van der Waals surface area contributed by atoms with E-state index < -0.39 is 11.6 Å².